The van der Waals surface area contributed by atoms with Gasteiger partial charge in [0.05, 0.1) is 0 Å². The van der Waals surface area contributed by atoms with Crippen molar-refractivity contribution in [3.8, 4) is 0 Å². The van der Waals surface area contributed by atoms with Crippen molar-refractivity contribution in [2.75, 3.05) is 26.2 Å². The summed E-state index contributed by atoms with van der Waals surface area (Å²) in [5.41, 5.74) is 2.14. The van der Waals surface area contributed by atoms with Crippen molar-refractivity contribution in [3.63, 3.8) is 0 Å². The molecule has 3 nitrogen and oxygen atoms in total. The Morgan fingerprint density at radius 1 is 1.10 bits per heavy atom. The summed E-state index contributed by atoms with van der Waals surface area (Å²) in [7, 11) is 0. The Balaban J connectivity index is 1.66. The maximum absolute atomic E-state index is 12.7. The van der Waals surface area contributed by atoms with E-state index in [2.05, 4.69) is 28.9 Å². The van der Waals surface area contributed by atoms with Gasteiger partial charge in [0.1, 0.15) is 0 Å². The lowest BCUT2D eigenvalue weighted by Gasteiger charge is -2.28. The molecule has 2 aliphatic rings. The standard InChI is InChI=1S/C18H26N2O/c1-2-15-7-9-16(10-8-15)18(21)20-13-5-6-17(20)14-19-11-3-4-12-19/h7-10,17H,2-6,11-14H2,1H3/t17-/m0/s1. The summed E-state index contributed by atoms with van der Waals surface area (Å²) in [6, 6.07) is 8.57. The molecule has 0 radical (unpaired) electrons. The van der Waals surface area contributed by atoms with E-state index in [0.717, 1.165) is 37.9 Å². The van der Waals surface area contributed by atoms with E-state index in [-0.39, 0.29) is 5.91 Å². The second kappa shape index (κ2) is 6.61. The molecule has 2 aliphatic heterocycles. The lowest BCUT2D eigenvalue weighted by atomic mass is 10.1. The molecule has 0 saturated carbocycles. The van der Waals surface area contributed by atoms with Gasteiger partial charge in [-0.3, -0.25) is 4.79 Å². The largest absolute Gasteiger partial charge is 0.334 e. The van der Waals surface area contributed by atoms with E-state index >= 15 is 0 Å². The van der Waals surface area contributed by atoms with Crippen molar-refractivity contribution in [1.82, 2.24) is 9.80 Å². The molecule has 0 unspecified atom stereocenters. The monoisotopic (exact) mass is 286 g/mol. The molecule has 2 saturated heterocycles. The average molecular weight is 286 g/mol. The first-order valence-corrected chi connectivity index (χ1v) is 8.40. The molecule has 3 heteroatoms. The predicted octanol–water partition coefficient (Wildman–Crippen LogP) is 2.95. The van der Waals surface area contributed by atoms with Gasteiger partial charge in [-0.05, 0) is 62.9 Å². The molecule has 3 rings (SSSR count). The van der Waals surface area contributed by atoms with E-state index in [1.54, 1.807) is 0 Å². The van der Waals surface area contributed by atoms with Crippen LogP contribution in [0.15, 0.2) is 24.3 Å². The highest BCUT2D eigenvalue weighted by atomic mass is 16.2. The zero-order chi connectivity index (χ0) is 14.7. The van der Waals surface area contributed by atoms with Gasteiger partial charge in [0, 0.05) is 24.7 Å². The van der Waals surface area contributed by atoms with Crippen molar-refractivity contribution >= 4 is 5.91 Å². The zero-order valence-corrected chi connectivity index (χ0v) is 13.1. The van der Waals surface area contributed by atoms with Gasteiger partial charge in [0.2, 0.25) is 0 Å². The second-order valence-corrected chi connectivity index (χ2v) is 6.35. The lowest BCUT2D eigenvalue weighted by molar-refractivity contribution is 0.0709. The van der Waals surface area contributed by atoms with Crippen molar-refractivity contribution in [2.45, 2.75) is 45.1 Å². The number of carbonyl (C=O) groups is 1. The Bertz CT molecular complexity index is 476. The van der Waals surface area contributed by atoms with Crippen molar-refractivity contribution < 1.29 is 4.79 Å². The van der Waals surface area contributed by atoms with E-state index < -0.39 is 0 Å². The van der Waals surface area contributed by atoms with Crippen LogP contribution in [-0.4, -0.2) is 47.9 Å². The Morgan fingerprint density at radius 2 is 1.81 bits per heavy atom. The Hall–Kier alpha value is -1.35. The molecule has 0 aliphatic carbocycles. The molecular weight excluding hydrogens is 260 g/mol. The van der Waals surface area contributed by atoms with Gasteiger partial charge in [0.15, 0.2) is 0 Å². The third-order valence-electron chi connectivity index (χ3n) is 4.91. The molecule has 1 atom stereocenters. The minimum Gasteiger partial charge on any atom is -0.334 e. The molecule has 2 fully saturated rings. The van der Waals surface area contributed by atoms with Crippen LogP contribution >= 0.6 is 0 Å². The molecule has 1 amide bonds. The summed E-state index contributed by atoms with van der Waals surface area (Å²) < 4.78 is 0. The SMILES string of the molecule is CCc1ccc(C(=O)N2CCC[C@H]2CN2CCCC2)cc1. The van der Waals surface area contributed by atoms with Crippen LogP contribution in [0.1, 0.15) is 48.5 Å². The number of hydrogen-bond donors (Lipinski definition) is 0. The molecule has 0 N–H and O–H groups in total. The maximum atomic E-state index is 12.7. The van der Waals surface area contributed by atoms with Gasteiger partial charge >= 0.3 is 0 Å². The fourth-order valence-corrected chi connectivity index (χ4v) is 3.60. The molecule has 21 heavy (non-hydrogen) atoms. The van der Waals surface area contributed by atoms with Gasteiger partial charge in [-0.1, -0.05) is 19.1 Å². The summed E-state index contributed by atoms with van der Waals surface area (Å²) in [6.45, 7) is 6.56. The first-order valence-electron chi connectivity index (χ1n) is 8.40. The maximum Gasteiger partial charge on any atom is 0.254 e. The van der Waals surface area contributed by atoms with Crippen LogP contribution in [0, 0.1) is 0 Å². The van der Waals surface area contributed by atoms with Crippen molar-refractivity contribution in [2.24, 2.45) is 0 Å². The Kier molecular flexibility index (Phi) is 4.59. The van der Waals surface area contributed by atoms with Crippen LogP contribution in [0.2, 0.25) is 0 Å². The minimum atomic E-state index is 0.222. The van der Waals surface area contributed by atoms with Gasteiger partial charge < -0.3 is 9.80 Å². The summed E-state index contributed by atoms with van der Waals surface area (Å²) in [4.78, 5) is 17.4. The number of amides is 1. The molecule has 0 bridgehead atoms. The van der Waals surface area contributed by atoms with E-state index in [9.17, 15) is 4.79 Å². The topological polar surface area (TPSA) is 23.6 Å². The Morgan fingerprint density at radius 3 is 2.48 bits per heavy atom. The quantitative estimate of drug-likeness (QED) is 0.849. The van der Waals surface area contributed by atoms with Crippen LogP contribution < -0.4 is 0 Å². The number of aryl methyl sites for hydroxylation is 1. The fourth-order valence-electron chi connectivity index (χ4n) is 3.60. The third-order valence-corrected chi connectivity index (χ3v) is 4.91. The second-order valence-electron chi connectivity index (χ2n) is 6.35. The van der Waals surface area contributed by atoms with Gasteiger partial charge in [0.25, 0.3) is 5.91 Å². The van der Waals surface area contributed by atoms with Gasteiger partial charge in [-0.2, -0.15) is 0 Å². The smallest absolute Gasteiger partial charge is 0.254 e. The fraction of sp³-hybridized carbons (Fsp3) is 0.611. The van der Waals surface area contributed by atoms with Crippen molar-refractivity contribution in [3.05, 3.63) is 35.4 Å². The molecule has 0 spiro atoms. The van der Waals surface area contributed by atoms with Crippen LogP contribution in [0.25, 0.3) is 0 Å². The number of carbonyl (C=O) groups excluding carboxylic acids is 1. The minimum absolute atomic E-state index is 0.222. The average Bonchev–Trinajstić information content (AvgIpc) is 3.19. The number of rotatable bonds is 4. The van der Waals surface area contributed by atoms with E-state index in [1.807, 2.05) is 12.1 Å². The number of likely N-dealkylation sites (tertiary alicyclic amines) is 2. The van der Waals surface area contributed by atoms with Gasteiger partial charge in [-0.15, -0.1) is 0 Å². The molecular formula is C18H26N2O. The summed E-state index contributed by atoms with van der Waals surface area (Å²) in [5, 5.41) is 0. The highest BCUT2D eigenvalue weighted by Crippen LogP contribution is 2.22. The highest BCUT2D eigenvalue weighted by Gasteiger charge is 2.31. The van der Waals surface area contributed by atoms with Crippen LogP contribution in [-0.2, 0) is 6.42 Å². The zero-order valence-electron chi connectivity index (χ0n) is 13.1. The van der Waals surface area contributed by atoms with E-state index in [0.29, 0.717) is 6.04 Å². The summed E-state index contributed by atoms with van der Waals surface area (Å²) in [6.07, 6.45) is 5.97. The molecule has 1 aromatic carbocycles. The number of nitrogens with zero attached hydrogens (tertiary/aromatic N) is 2. The van der Waals surface area contributed by atoms with E-state index in [1.165, 1.54) is 31.5 Å². The molecule has 114 valence electrons. The van der Waals surface area contributed by atoms with E-state index in [4.69, 9.17) is 0 Å². The molecule has 0 aromatic heterocycles. The molecule has 1 aromatic rings. The summed E-state index contributed by atoms with van der Waals surface area (Å²) in [5.74, 6) is 0.222. The van der Waals surface area contributed by atoms with Crippen LogP contribution in [0.4, 0.5) is 0 Å². The predicted molar refractivity (Wildman–Crippen MR) is 85.6 cm³/mol. The Labute approximate surface area is 127 Å². The van der Waals surface area contributed by atoms with Crippen LogP contribution in [0.5, 0.6) is 0 Å². The van der Waals surface area contributed by atoms with Gasteiger partial charge in [-0.25, -0.2) is 0 Å². The number of benzene rings is 1. The van der Waals surface area contributed by atoms with Crippen molar-refractivity contribution in [1.29, 1.82) is 0 Å². The molecule has 2 heterocycles. The third kappa shape index (κ3) is 3.29. The summed E-state index contributed by atoms with van der Waals surface area (Å²) >= 11 is 0. The lowest BCUT2D eigenvalue weighted by Crippen LogP contribution is -2.42. The number of hydrogen-bond acceptors (Lipinski definition) is 2. The highest BCUT2D eigenvalue weighted by molar-refractivity contribution is 5.94. The van der Waals surface area contributed by atoms with Crippen LogP contribution in [0.3, 0.4) is 0 Å². The normalized spacial score (nSPS) is 22.9. The first-order chi connectivity index (χ1) is 10.3. The first kappa shape index (κ1) is 14.6.